The van der Waals surface area contributed by atoms with Gasteiger partial charge in [-0.3, -0.25) is 4.79 Å². The Morgan fingerprint density at radius 2 is 1.95 bits per heavy atom. The summed E-state index contributed by atoms with van der Waals surface area (Å²) >= 11 is 7.34. The highest BCUT2D eigenvalue weighted by molar-refractivity contribution is 7.16. The van der Waals surface area contributed by atoms with Gasteiger partial charge in [0.15, 0.2) is 0 Å². The number of carbonyl (C=O) groups excluding carboxylic acids is 1. The molecule has 19 heavy (non-hydrogen) atoms. The van der Waals surface area contributed by atoms with Crippen LogP contribution in [0.5, 0.6) is 0 Å². The van der Waals surface area contributed by atoms with Crippen LogP contribution in [0.1, 0.15) is 29.4 Å². The van der Waals surface area contributed by atoms with Gasteiger partial charge in [-0.15, -0.1) is 11.3 Å². The van der Waals surface area contributed by atoms with Crippen molar-refractivity contribution in [2.45, 2.75) is 19.0 Å². The third kappa shape index (κ3) is 3.56. The van der Waals surface area contributed by atoms with Crippen LogP contribution in [0.15, 0.2) is 42.5 Å². The topological polar surface area (TPSA) is 55.1 Å². The number of rotatable bonds is 4. The Morgan fingerprint density at radius 3 is 2.53 bits per heavy atom. The fourth-order valence-electron chi connectivity index (χ4n) is 1.75. The van der Waals surface area contributed by atoms with E-state index < -0.39 is 6.04 Å². The van der Waals surface area contributed by atoms with Crippen molar-refractivity contribution in [2.75, 3.05) is 0 Å². The van der Waals surface area contributed by atoms with Crippen molar-refractivity contribution in [2.24, 2.45) is 5.73 Å². The number of thiophene rings is 1. The van der Waals surface area contributed by atoms with Crippen LogP contribution in [0.2, 0.25) is 4.34 Å². The summed E-state index contributed by atoms with van der Waals surface area (Å²) in [6, 6.07) is 12.3. The number of hydrogen-bond donors (Lipinski definition) is 2. The lowest BCUT2D eigenvalue weighted by atomic mass is 10.1. The first-order chi connectivity index (χ1) is 9.08. The van der Waals surface area contributed by atoms with Gasteiger partial charge in [0.25, 0.3) is 0 Å². The molecule has 1 heterocycles. The minimum atomic E-state index is -0.654. The van der Waals surface area contributed by atoms with E-state index in [1.165, 1.54) is 11.3 Å². The van der Waals surface area contributed by atoms with Crippen molar-refractivity contribution < 1.29 is 4.79 Å². The molecule has 1 unspecified atom stereocenters. The Balaban J connectivity index is 2.01. The minimum absolute atomic E-state index is 0.0974. The molecule has 0 radical (unpaired) electrons. The quantitative estimate of drug-likeness (QED) is 0.909. The van der Waals surface area contributed by atoms with Gasteiger partial charge in [0.1, 0.15) is 6.04 Å². The summed E-state index contributed by atoms with van der Waals surface area (Å²) in [6.07, 6.45) is 0. The molecule has 5 heteroatoms. The Labute approximate surface area is 121 Å². The first kappa shape index (κ1) is 14.1. The predicted octanol–water partition coefficient (Wildman–Crippen LogP) is 3.28. The molecule has 1 aromatic carbocycles. The third-order valence-electron chi connectivity index (χ3n) is 2.82. The smallest absolute Gasteiger partial charge is 0.242 e. The van der Waals surface area contributed by atoms with Crippen molar-refractivity contribution >= 4 is 28.8 Å². The average Bonchev–Trinajstić information content (AvgIpc) is 2.85. The fraction of sp³-hybridized carbons (Fsp3) is 0.214. The fourth-order valence-corrected chi connectivity index (χ4v) is 2.81. The zero-order valence-electron chi connectivity index (χ0n) is 10.5. The number of nitrogens with two attached hydrogens (primary N) is 1. The number of carbonyl (C=O) groups is 1. The molecule has 0 bridgehead atoms. The van der Waals surface area contributed by atoms with Gasteiger partial charge in [-0.25, -0.2) is 0 Å². The lowest BCUT2D eigenvalue weighted by Gasteiger charge is -2.16. The molecule has 3 N–H and O–H groups in total. The lowest BCUT2D eigenvalue weighted by molar-refractivity contribution is -0.123. The third-order valence-corrected chi connectivity index (χ3v) is 4.23. The molecule has 0 fully saturated rings. The number of amides is 1. The van der Waals surface area contributed by atoms with Crippen molar-refractivity contribution in [3.63, 3.8) is 0 Å². The van der Waals surface area contributed by atoms with E-state index in [-0.39, 0.29) is 11.9 Å². The SMILES string of the molecule is CC(NC(=O)[C@H](N)c1ccccc1)c1ccc(Cl)s1. The summed E-state index contributed by atoms with van der Waals surface area (Å²) in [5.74, 6) is -0.191. The molecule has 1 aromatic heterocycles. The summed E-state index contributed by atoms with van der Waals surface area (Å²) in [6.45, 7) is 1.91. The highest BCUT2D eigenvalue weighted by Crippen LogP contribution is 2.27. The molecule has 0 aliphatic heterocycles. The molecule has 0 saturated carbocycles. The van der Waals surface area contributed by atoms with Crippen LogP contribution in [-0.4, -0.2) is 5.91 Å². The predicted molar refractivity (Wildman–Crippen MR) is 79.3 cm³/mol. The van der Waals surface area contributed by atoms with E-state index in [1.807, 2.05) is 49.4 Å². The van der Waals surface area contributed by atoms with Crippen LogP contribution in [0.25, 0.3) is 0 Å². The van der Waals surface area contributed by atoms with Gasteiger partial charge in [0.05, 0.1) is 10.4 Å². The second-order valence-electron chi connectivity index (χ2n) is 4.26. The Morgan fingerprint density at radius 1 is 1.26 bits per heavy atom. The van der Waals surface area contributed by atoms with Crippen molar-refractivity contribution in [1.82, 2.24) is 5.32 Å². The maximum Gasteiger partial charge on any atom is 0.242 e. The molecule has 1 amide bonds. The molecule has 3 nitrogen and oxygen atoms in total. The molecule has 100 valence electrons. The maximum atomic E-state index is 12.1. The normalized spacial score (nSPS) is 13.8. The Hall–Kier alpha value is -1.36. The van der Waals surface area contributed by atoms with Crippen molar-refractivity contribution in [1.29, 1.82) is 0 Å². The van der Waals surface area contributed by atoms with E-state index in [0.29, 0.717) is 4.34 Å². The van der Waals surface area contributed by atoms with E-state index in [0.717, 1.165) is 10.4 Å². The largest absolute Gasteiger partial charge is 0.347 e. The van der Waals surface area contributed by atoms with Crippen LogP contribution in [0, 0.1) is 0 Å². The van der Waals surface area contributed by atoms with Gasteiger partial charge in [0.2, 0.25) is 5.91 Å². The molecular formula is C14H15ClN2OS. The number of halogens is 1. The number of hydrogen-bond acceptors (Lipinski definition) is 3. The van der Waals surface area contributed by atoms with Gasteiger partial charge >= 0.3 is 0 Å². The lowest BCUT2D eigenvalue weighted by Crippen LogP contribution is -2.35. The monoisotopic (exact) mass is 294 g/mol. The number of benzene rings is 1. The van der Waals surface area contributed by atoms with Crippen LogP contribution in [0.4, 0.5) is 0 Å². The van der Waals surface area contributed by atoms with Crippen molar-refractivity contribution in [3.05, 3.63) is 57.2 Å². The highest BCUT2D eigenvalue weighted by Gasteiger charge is 2.18. The average molecular weight is 295 g/mol. The molecule has 0 spiro atoms. The Bertz CT molecular complexity index is 556. The first-order valence-corrected chi connectivity index (χ1v) is 7.13. The summed E-state index contributed by atoms with van der Waals surface area (Å²) in [5, 5.41) is 2.90. The second kappa shape index (κ2) is 6.19. The molecule has 0 aliphatic rings. The molecule has 0 aliphatic carbocycles. The molecule has 2 aromatic rings. The zero-order chi connectivity index (χ0) is 13.8. The van der Waals surface area contributed by atoms with E-state index in [2.05, 4.69) is 5.32 Å². The van der Waals surface area contributed by atoms with Gasteiger partial charge < -0.3 is 11.1 Å². The summed E-state index contributed by atoms with van der Waals surface area (Å²) in [7, 11) is 0. The molecule has 2 atom stereocenters. The highest BCUT2D eigenvalue weighted by atomic mass is 35.5. The second-order valence-corrected chi connectivity index (χ2v) is 6.01. The zero-order valence-corrected chi connectivity index (χ0v) is 12.0. The molecule has 2 rings (SSSR count). The first-order valence-electron chi connectivity index (χ1n) is 5.94. The van der Waals surface area contributed by atoms with Crippen LogP contribution < -0.4 is 11.1 Å². The maximum absolute atomic E-state index is 12.1. The van der Waals surface area contributed by atoms with Gasteiger partial charge in [-0.1, -0.05) is 41.9 Å². The van der Waals surface area contributed by atoms with Crippen molar-refractivity contribution in [3.8, 4) is 0 Å². The molecular weight excluding hydrogens is 280 g/mol. The van der Waals surface area contributed by atoms with E-state index in [4.69, 9.17) is 17.3 Å². The van der Waals surface area contributed by atoms with E-state index in [1.54, 1.807) is 0 Å². The van der Waals surface area contributed by atoms with Gasteiger partial charge in [-0.2, -0.15) is 0 Å². The van der Waals surface area contributed by atoms with Gasteiger partial charge in [-0.05, 0) is 24.6 Å². The van der Waals surface area contributed by atoms with E-state index in [9.17, 15) is 4.79 Å². The van der Waals surface area contributed by atoms with Gasteiger partial charge in [0, 0.05) is 4.88 Å². The Kier molecular flexibility index (Phi) is 4.58. The number of nitrogens with one attached hydrogen (secondary N) is 1. The minimum Gasteiger partial charge on any atom is -0.347 e. The van der Waals surface area contributed by atoms with Crippen LogP contribution >= 0.6 is 22.9 Å². The van der Waals surface area contributed by atoms with E-state index >= 15 is 0 Å². The van der Waals surface area contributed by atoms with Crippen LogP contribution in [0.3, 0.4) is 0 Å². The van der Waals surface area contributed by atoms with Crippen LogP contribution in [-0.2, 0) is 4.79 Å². The summed E-state index contributed by atoms with van der Waals surface area (Å²) in [4.78, 5) is 13.1. The summed E-state index contributed by atoms with van der Waals surface area (Å²) in [5.41, 5.74) is 6.74. The summed E-state index contributed by atoms with van der Waals surface area (Å²) < 4.78 is 0.712. The molecule has 0 saturated heterocycles. The standard InChI is InChI=1S/C14H15ClN2OS/c1-9(11-7-8-12(15)19-11)17-14(18)13(16)10-5-3-2-4-6-10/h2-9,13H,16H2,1H3,(H,17,18)/t9?,13-/m1/s1.